The molecular formula is C24H26N2O5. The zero-order valence-corrected chi connectivity index (χ0v) is 17.4. The molecule has 2 aliphatic carbocycles. The SMILES string of the molecule is CC[C@H](NC(=O)OCC1c2ccccc2-c2ccccc21)C(=O)NC1(C(=O)O)CCC1. The van der Waals surface area contributed by atoms with E-state index >= 15 is 0 Å². The Labute approximate surface area is 180 Å². The molecule has 1 saturated carbocycles. The molecule has 0 aliphatic heterocycles. The molecule has 31 heavy (non-hydrogen) atoms. The Morgan fingerprint density at radius 2 is 1.65 bits per heavy atom. The summed E-state index contributed by atoms with van der Waals surface area (Å²) in [5.41, 5.74) is 3.27. The first-order chi connectivity index (χ1) is 14.9. The number of hydrogen-bond acceptors (Lipinski definition) is 4. The van der Waals surface area contributed by atoms with Gasteiger partial charge >= 0.3 is 12.1 Å². The van der Waals surface area contributed by atoms with Crippen LogP contribution in [0.1, 0.15) is 49.7 Å². The summed E-state index contributed by atoms with van der Waals surface area (Å²) >= 11 is 0. The predicted octanol–water partition coefficient (Wildman–Crippen LogP) is 3.43. The van der Waals surface area contributed by atoms with E-state index in [0.717, 1.165) is 28.7 Å². The van der Waals surface area contributed by atoms with Gasteiger partial charge < -0.3 is 20.5 Å². The topological polar surface area (TPSA) is 105 Å². The van der Waals surface area contributed by atoms with Crippen LogP contribution in [-0.4, -0.2) is 41.3 Å². The number of hydrogen-bond donors (Lipinski definition) is 3. The Bertz CT molecular complexity index is 969. The fraction of sp³-hybridized carbons (Fsp3) is 0.375. The third-order valence-electron chi connectivity index (χ3n) is 6.34. The second-order valence-electron chi connectivity index (χ2n) is 8.16. The largest absolute Gasteiger partial charge is 0.480 e. The summed E-state index contributed by atoms with van der Waals surface area (Å²) in [5, 5.41) is 14.6. The van der Waals surface area contributed by atoms with Crippen molar-refractivity contribution in [2.45, 2.75) is 50.1 Å². The molecule has 1 atom stereocenters. The molecule has 3 N–H and O–H groups in total. The van der Waals surface area contributed by atoms with E-state index < -0.39 is 29.6 Å². The molecule has 2 aromatic carbocycles. The maximum absolute atomic E-state index is 12.6. The highest BCUT2D eigenvalue weighted by molar-refractivity contribution is 5.91. The Balaban J connectivity index is 1.39. The molecule has 0 unspecified atom stereocenters. The summed E-state index contributed by atoms with van der Waals surface area (Å²) in [4.78, 5) is 36.5. The minimum atomic E-state index is -1.21. The normalized spacial score (nSPS) is 16.9. The molecule has 2 aromatic rings. The average molecular weight is 422 g/mol. The van der Waals surface area contributed by atoms with Crippen molar-refractivity contribution in [1.82, 2.24) is 10.6 Å². The van der Waals surface area contributed by atoms with Crippen molar-refractivity contribution in [3.05, 3.63) is 59.7 Å². The minimum Gasteiger partial charge on any atom is -0.480 e. The van der Waals surface area contributed by atoms with Gasteiger partial charge in [0.2, 0.25) is 5.91 Å². The average Bonchev–Trinajstić information content (AvgIpc) is 3.06. The molecule has 162 valence electrons. The number of carbonyl (C=O) groups excluding carboxylic acids is 2. The standard InChI is InChI=1S/C24H26N2O5/c1-2-20(21(27)26-24(22(28)29)12-7-13-24)25-23(30)31-14-19-17-10-5-3-8-15(17)16-9-4-6-11-18(16)19/h3-6,8-11,19-20H,2,7,12-14H2,1H3,(H,25,30)(H,26,27)(H,28,29)/t20-/m0/s1. The number of ether oxygens (including phenoxy) is 1. The van der Waals surface area contributed by atoms with Crippen molar-refractivity contribution in [3.8, 4) is 11.1 Å². The highest BCUT2D eigenvalue weighted by atomic mass is 16.5. The van der Waals surface area contributed by atoms with Crippen LogP contribution >= 0.6 is 0 Å². The van der Waals surface area contributed by atoms with Crippen LogP contribution in [0.2, 0.25) is 0 Å². The zero-order chi connectivity index (χ0) is 22.0. The molecule has 0 spiro atoms. The number of carbonyl (C=O) groups is 3. The highest BCUT2D eigenvalue weighted by Crippen LogP contribution is 2.44. The maximum atomic E-state index is 12.6. The number of alkyl carbamates (subject to hydrolysis) is 1. The lowest BCUT2D eigenvalue weighted by Gasteiger charge is -2.39. The van der Waals surface area contributed by atoms with Gasteiger partial charge in [0.25, 0.3) is 0 Å². The lowest BCUT2D eigenvalue weighted by molar-refractivity contribution is -0.152. The molecule has 7 heteroatoms. The van der Waals surface area contributed by atoms with Gasteiger partial charge in [-0.2, -0.15) is 0 Å². The van der Waals surface area contributed by atoms with E-state index in [9.17, 15) is 19.5 Å². The molecule has 4 rings (SSSR count). The lowest BCUT2D eigenvalue weighted by Crippen LogP contribution is -2.62. The number of nitrogens with one attached hydrogen (secondary N) is 2. The summed E-state index contributed by atoms with van der Waals surface area (Å²) in [5.74, 6) is -1.61. The number of fused-ring (bicyclic) bond motifs is 3. The van der Waals surface area contributed by atoms with Gasteiger partial charge in [-0.05, 0) is 47.9 Å². The molecule has 2 aliphatic rings. The van der Waals surface area contributed by atoms with Crippen LogP contribution in [0.15, 0.2) is 48.5 Å². The zero-order valence-electron chi connectivity index (χ0n) is 17.4. The van der Waals surface area contributed by atoms with Crippen LogP contribution in [0.4, 0.5) is 4.79 Å². The summed E-state index contributed by atoms with van der Waals surface area (Å²) < 4.78 is 5.49. The van der Waals surface area contributed by atoms with Gasteiger partial charge in [0, 0.05) is 5.92 Å². The molecule has 0 radical (unpaired) electrons. The van der Waals surface area contributed by atoms with Gasteiger partial charge in [0.15, 0.2) is 0 Å². The van der Waals surface area contributed by atoms with E-state index in [-0.39, 0.29) is 12.5 Å². The minimum absolute atomic E-state index is 0.0719. The number of carboxylic acid groups (broad SMARTS) is 1. The van der Waals surface area contributed by atoms with Crippen molar-refractivity contribution in [2.24, 2.45) is 0 Å². The van der Waals surface area contributed by atoms with Gasteiger partial charge in [0.1, 0.15) is 18.2 Å². The first kappa shape index (κ1) is 20.9. The van der Waals surface area contributed by atoms with Crippen molar-refractivity contribution in [1.29, 1.82) is 0 Å². The maximum Gasteiger partial charge on any atom is 0.407 e. The second-order valence-corrected chi connectivity index (χ2v) is 8.16. The molecule has 1 fully saturated rings. The number of amides is 2. The van der Waals surface area contributed by atoms with E-state index in [0.29, 0.717) is 19.3 Å². The van der Waals surface area contributed by atoms with E-state index in [1.807, 2.05) is 36.4 Å². The second kappa shape index (κ2) is 8.41. The smallest absolute Gasteiger partial charge is 0.407 e. The summed E-state index contributed by atoms with van der Waals surface area (Å²) in [6.07, 6.45) is 1.18. The molecule has 0 bridgehead atoms. The van der Waals surface area contributed by atoms with Crippen molar-refractivity contribution in [2.75, 3.05) is 6.61 Å². The van der Waals surface area contributed by atoms with E-state index in [1.165, 1.54) is 0 Å². The third-order valence-corrected chi connectivity index (χ3v) is 6.34. The number of benzene rings is 2. The Kier molecular flexibility index (Phi) is 5.67. The number of rotatable bonds is 7. The number of carboxylic acids is 1. The van der Waals surface area contributed by atoms with Crippen molar-refractivity contribution in [3.63, 3.8) is 0 Å². The molecule has 7 nitrogen and oxygen atoms in total. The predicted molar refractivity (Wildman–Crippen MR) is 115 cm³/mol. The monoisotopic (exact) mass is 422 g/mol. The van der Waals surface area contributed by atoms with E-state index in [2.05, 4.69) is 22.8 Å². The summed E-state index contributed by atoms with van der Waals surface area (Å²) in [6.45, 7) is 1.90. The quantitative estimate of drug-likeness (QED) is 0.634. The molecule has 0 heterocycles. The first-order valence-corrected chi connectivity index (χ1v) is 10.6. The fourth-order valence-corrected chi connectivity index (χ4v) is 4.38. The molecule has 0 aromatic heterocycles. The molecular weight excluding hydrogens is 396 g/mol. The van der Waals surface area contributed by atoms with Crippen molar-refractivity contribution < 1.29 is 24.2 Å². The van der Waals surface area contributed by atoms with Crippen LogP contribution in [0, 0.1) is 0 Å². The third kappa shape index (κ3) is 3.87. The van der Waals surface area contributed by atoms with E-state index in [4.69, 9.17) is 4.74 Å². The van der Waals surface area contributed by atoms with Gasteiger partial charge in [-0.1, -0.05) is 55.5 Å². The fourth-order valence-electron chi connectivity index (χ4n) is 4.38. The Hall–Kier alpha value is -3.35. The van der Waals surface area contributed by atoms with Crippen LogP contribution in [0.25, 0.3) is 11.1 Å². The van der Waals surface area contributed by atoms with Gasteiger partial charge in [0.05, 0.1) is 0 Å². The Morgan fingerprint density at radius 3 is 2.13 bits per heavy atom. The van der Waals surface area contributed by atoms with E-state index in [1.54, 1.807) is 6.92 Å². The summed E-state index contributed by atoms with van der Waals surface area (Å²) in [7, 11) is 0. The molecule has 0 saturated heterocycles. The summed E-state index contributed by atoms with van der Waals surface area (Å²) in [6, 6.07) is 15.2. The van der Waals surface area contributed by atoms with Crippen molar-refractivity contribution >= 4 is 18.0 Å². The van der Waals surface area contributed by atoms with Gasteiger partial charge in [-0.15, -0.1) is 0 Å². The van der Waals surface area contributed by atoms with Crippen LogP contribution in [-0.2, 0) is 14.3 Å². The Morgan fingerprint density at radius 1 is 1.06 bits per heavy atom. The van der Waals surface area contributed by atoms with Gasteiger partial charge in [-0.25, -0.2) is 9.59 Å². The highest BCUT2D eigenvalue weighted by Gasteiger charge is 2.46. The van der Waals surface area contributed by atoms with Crippen LogP contribution in [0.3, 0.4) is 0 Å². The molecule has 2 amide bonds. The van der Waals surface area contributed by atoms with Crippen LogP contribution in [0.5, 0.6) is 0 Å². The van der Waals surface area contributed by atoms with Crippen LogP contribution < -0.4 is 10.6 Å². The van der Waals surface area contributed by atoms with Gasteiger partial charge in [-0.3, -0.25) is 4.79 Å². The first-order valence-electron chi connectivity index (χ1n) is 10.6. The number of aliphatic carboxylic acids is 1. The lowest BCUT2D eigenvalue weighted by atomic mass is 9.76.